The normalized spacial score (nSPS) is 10.6. The molecular formula is C20H23NO3. The first kappa shape index (κ1) is 17.6. The Labute approximate surface area is 143 Å². The molecule has 0 aliphatic rings. The van der Waals surface area contributed by atoms with Crippen molar-refractivity contribution < 1.29 is 14.3 Å². The summed E-state index contributed by atoms with van der Waals surface area (Å²) in [7, 11) is 1.57. The van der Waals surface area contributed by atoms with E-state index in [1.807, 2.05) is 49.4 Å². The van der Waals surface area contributed by atoms with E-state index in [2.05, 4.69) is 5.32 Å². The van der Waals surface area contributed by atoms with Gasteiger partial charge in [-0.05, 0) is 37.1 Å². The molecule has 0 spiro atoms. The number of ether oxygens (including phenoxy) is 2. The maximum atomic E-state index is 12.1. The van der Waals surface area contributed by atoms with Crippen LogP contribution in [-0.4, -0.2) is 19.6 Å². The van der Waals surface area contributed by atoms with Crippen LogP contribution in [0, 0.1) is 0 Å². The van der Waals surface area contributed by atoms with Gasteiger partial charge in [0.2, 0.25) is 0 Å². The Kier molecular flexibility index (Phi) is 6.90. The minimum Gasteiger partial charge on any atom is -0.493 e. The third-order valence-corrected chi connectivity index (χ3v) is 3.50. The molecule has 1 amide bonds. The molecule has 2 aromatic carbocycles. The van der Waals surface area contributed by atoms with E-state index < -0.39 is 0 Å². The Bertz CT molecular complexity index is 681. The van der Waals surface area contributed by atoms with Gasteiger partial charge >= 0.3 is 0 Å². The van der Waals surface area contributed by atoms with Gasteiger partial charge < -0.3 is 14.8 Å². The first-order valence-corrected chi connectivity index (χ1v) is 7.98. The molecular weight excluding hydrogens is 302 g/mol. The number of amides is 1. The zero-order valence-electron chi connectivity index (χ0n) is 14.1. The Hall–Kier alpha value is -2.75. The lowest BCUT2D eigenvalue weighted by Gasteiger charge is -2.12. The second-order valence-corrected chi connectivity index (χ2v) is 5.25. The first-order chi connectivity index (χ1) is 11.7. The summed E-state index contributed by atoms with van der Waals surface area (Å²) in [4.78, 5) is 12.1. The van der Waals surface area contributed by atoms with E-state index in [-0.39, 0.29) is 5.91 Å². The van der Waals surface area contributed by atoms with Gasteiger partial charge in [0.25, 0.3) is 5.91 Å². The van der Waals surface area contributed by atoms with E-state index in [0.29, 0.717) is 30.2 Å². The van der Waals surface area contributed by atoms with E-state index in [1.165, 1.54) is 0 Å². The molecule has 0 radical (unpaired) electrons. The fraction of sp³-hybridized carbons (Fsp3) is 0.250. The third kappa shape index (κ3) is 5.16. The average molecular weight is 325 g/mol. The smallest absolute Gasteiger partial charge is 0.251 e. The molecule has 0 bridgehead atoms. The lowest BCUT2D eigenvalue weighted by Crippen LogP contribution is -2.24. The van der Waals surface area contributed by atoms with Crippen molar-refractivity contribution in [3.63, 3.8) is 0 Å². The van der Waals surface area contributed by atoms with Gasteiger partial charge in [0.05, 0.1) is 7.11 Å². The molecule has 0 aliphatic carbocycles. The molecule has 0 unspecified atom stereocenters. The zero-order chi connectivity index (χ0) is 17.2. The highest BCUT2D eigenvalue weighted by atomic mass is 16.5. The number of carbonyl (C=O) groups excluding carboxylic acids is 1. The molecule has 0 saturated heterocycles. The van der Waals surface area contributed by atoms with Crippen LogP contribution in [0.25, 0.3) is 0 Å². The highest BCUT2D eigenvalue weighted by Gasteiger charge is 2.11. The van der Waals surface area contributed by atoms with Crippen molar-refractivity contribution in [2.45, 2.75) is 20.0 Å². The number of hydrogen-bond donors (Lipinski definition) is 1. The molecule has 0 atom stereocenters. The van der Waals surface area contributed by atoms with Crippen molar-refractivity contribution in [2.75, 3.05) is 13.7 Å². The molecule has 0 heterocycles. The van der Waals surface area contributed by atoms with Crippen LogP contribution in [0.15, 0.2) is 60.7 Å². The number of benzene rings is 2. The minimum absolute atomic E-state index is 0.118. The van der Waals surface area contributed by atoms with Gasteiger partial charge in [-0.2, -0.15) is 0 Å². The van der Waals surface area contributed by atoms with Crippen molar-refractivity contribution in [1.29, 1.82) is 0 Å². The molecule has 0 fully saturated rings. The van der Waals surface area contributed by atoms with Crippen molar-refractivity contribution in [3.8, 4) is 11.5 Å². The number of rotatable bonds is 8. The summed E-state index contributed by atoms with van der Waals surface area (Å²) >= 11 is 0. The highest BCUT2D eigenvalue weighted by molar-refractivity contribution is 5.94. The van der Waals surface area contributed by atoms with E-state index in [0.717, 1.165) is 12.0 Å². The van der Waals surface area contributed by atoms with Crippen LogP contribution in [0.3, 0.4) is 0 Å². The predicted octanol–water partition coefficient (Wildman–Crippen LogP) is 3.97. The molecule has 2 aromatic rings. The minimum atomic E-state index is -0.118. The van der Waals surface area contributed by atoms with Gasteiger partial charge in [-0.25, -0.2) is 0 Å². The maximum Gasteiger partial charge on any atom is 0.251 e. The number of allylic oxidation sites excluding steroid dienone is 1. The monoisotopic (exact) mass is 325 g/mol. The van der Waals surface area contributed by atoms with Crippen molar-refractivity contribution in [3.05, 3.63) is 71.8 Å². The molecule has 0 aliphatic heterocycles. The Balaban J connectivity index is 2.00. The SMILES string of the molecule is C/C=C/CCNC(=O)c1ccc(OCc2ccccc2)c(OC)c1. The number of nitrogens with one attached hydrogen (secondary N) is 1. The fourth-order valence-corrected chi connectivity index (χ4v) is 2.20. The maximum absolute atomic E-state index is 12.1. The summed E-state index contributed by atoms with van der Waals surface area (Å²) in [6, 6.07) is 15.1. The fourth-order valence-electron chi connectivity index (χ4n) is 2.20. The largest absolute Gasteiger partial charge is 0.493 e. The first-order valence-electron chi connectivity index (χ1n) is 7.98. The van der Waals surface area contributed by atoms with Crippen LogP contribution in [0.1, 0.15) is 29.3 Å². The number of methoxy groups -OCH3 is 1. The second-order valence-electron chi connectivity index (χ2n) is 5.25. The molecule has 24 heavy (non-hydrogen) atoms. The lowest BCUT2D eigenvalue weighted by atomic mass is 10.2. The summed E-state index contributed by atoms with van der Waals surface area (Å²) in [5.74, 6) is 1.05. The number of hydrogen-bond acceptors (Lipinski definition) is 3. The topological polar surface area (TPSA) is 47.6 Å². The van der Waals surface area contributed by atoms with Crippen LogP contribution < -0.4 is 14.8 Å². The third-order valence-electron chi connectivity index (χ3n) is 3.50. The van der Waals surface area contributed by atoms with Gasteiger partial charge in [0.1, 0.15) is 6.61 Å². The van der Waals surface area contributed by atoms with Crippen molar-refractivity contribution in [1.82, 2.24) is 5.32 Å². The summed E-state index contributed by atoms with van der Waals surface area (Å²) in [5.41, 5.74) is 1.63. The molecule has 126 valence electrons. The van der Waals surface area contributed by atoms with Crippen LogP contribution in [-0.2, 0) is 6.61 Å². The van der Waals surface area contributed by atoms with Crippen LogP contribution in [0.4, 0.5) is 0 Å². The summed E-state index contributed by atoms with van der Waals surface area (Å²) in [5, 5.41) is 2.88. The summed E-state index contributed by atoms with van der Waals surface area (Å²) < 4.78 is 11.1. The van der Waals surface area contributed by atoms with E-state index >= 15 is 0 Å². The second kappa shape index (κ2) is 9.40. The van der Waals surface area contributed by atoms with Gasteiger partial charge in [0.15, 0.2) is 11.5 Å². The van der Waals surface area contributed by atoms with E-state index in [1.54, 1.807) is 25.3 Å². The predicted molar refractivity (Wildman–Crippen MR) is 95.5 cm³/mol. The van der Waals surface area contributed by atoms with Crippen LogP contribution in [0.5, 0.6) is 11.5 Å². The highest BCUT2D eigenvalue weighted by Crippen LogP contribution is 2.28. The summed E-state index contributed by atoms with van der Waals surface area (Å²) in [6.45, 7) is 3.02. The Morgan fingerprint density at radius 1 is 1.12 bits per heavy atom. The van der Waals surface area contributed by atoms with Crippen LogP contribution in [0.2, 0.25) is 0 Å². The standard InChI is InChI=1S/C20H23NO3/c1-3-4-8-13-21-20(22)17-11-12-18(19(14-17)23-2)24-15-16-9-6-5-7-10-16/h3-7,9-12,14H,8,13,15H2,1-2H3,(H,21,22)/b4-3+. The zero-order valence-corrected chi connectivity index (χ0v) is 14.1. The van der Waals surface area contributed by atoms with E-state index in [4.69, 9.17) is 9.47 Å². The molecule has 0 saturated carbocycles. The quantitative estimate of drug-likeness (QED) is 0.590. The Morgan fingerprint density at radius 3 is 2.62 bits per heavy atom. The van der Waals surface area contributed by atoms with Gasteiger partial charge in [-0.15, -0.1) is 0 Å². The summed E-state index contributed by atoms with van der Waals surface area (Å²) in [6.07, 6.45) is 4.80. The molecule has 0 aromatic heterocycles. The lowest BCUT2D eigenvalue weighted by molar-refractivity contribution is 0.0954. The number of carbonyl (C=O) groups is 1. The molecule has 2 rings (SSSR count). The van der Waals surface area contributed by atoms with Gasteiger partial charge in [0, 0.05) is 12.1 Å². The van der Waals surface area contributed by atoms with Gasteiger partial charge in [-0.1, -0.05) is 42.5 Å². The van der Waals surface area contributed by atoms with E-state index in [9.17, 15) is 4.79 Å². The van der Waals surface area contributed by atoms with Crippen molar-refractivity contribution >= 4 is 5.91 Å². The van der Waals surface area contributed by atoms with Crippen LogP contribution >= 0.6 is 0 Å². The van der Waals surface area contributed by atoms with Crippen molar-refractivity contribution in [2.24, 2.45) is 0 Å². The molecule has 4 nitrogen and oxygen atoms in total. The average Bonchev–Trinajstić information content (AvgIpc) is 2.64. The van der Waals surface area contributed by atoms with Gasteiger partial charge in [-0.3, -0.25) is 4.79 Å². The Morgan fingerprint density at radius 2 is 1.92 bits per heavy atom. The molecule has 4 heteroatoms. The molecule has 1 N–H and O–H groups in total.